The average molecular weight is 440 g/mol. The Hall–Kier alpha value is -2.96. The quantitative estimate of drug-likeness (QED) is 0.674. The molecule has 0 amide bonds. The van der Waals surface area contributed by atoms with Crippen LogP contribution in [0.2, 0.25) is 0 Å². The van der Waals surface area contributed by atoms with E-state index in [4.69, 9.17) is 0 Å². The highest BCUT2D eigenvalue weighted by molar-refractivity contribution is 7.89. The molecule has 9 heteroatoms. The van der Waals surface area contributed by atoms with Crippen LogP contribution in [0.1, 0.15) is 18.4 Å². The Morgan fingerprint density at radius 1 is 1.26 bits per heavy atom. The molecule has 1 N–H and O–H groups in total. The van der Waals surface area contributed by atoms with E-state index in [2.05, 4.69) is 20.9 Å². The molecule has 1 aliphatic heterocycles. The van der Waals surface area contributed by atoms with Gasteiger partial charge in [0.1, 0.15) is 17.5 Å². The molecule has 0 bridgehead atoms. The number of fused-ring (bicyclic) bond motifs is 2. The number of nitrogens with one attached hydrogen (secondary N) is 1. The first-order valence-electron chi connectivity index (χ1n) is 10.2. The lowest BCUT2D eigenvalue weighted by Crippen LogP contribution is -2.34. The molecule has 5 rings (SSSR count). The minimum absolute atomic E-state index is 0.00596. The number of H-pyrrole nitrogens is 1. The summed E-state index contributed by atoms with van der Waals surface area (Å²) in [6.07, 6.45) is 5.09. The number of hydrogen-bond acceptors (Lipinski definition) is 5. The minimum atomic E-state index is -3.70. The van der Waals surface area contributed by atoms with Crippen LogP contribution in [0.5, 0.6) is 0 Å². The van der Waals surface area contributed by atoms with Crippen molar-refractivity contribution >= 4 is 26.7 Å². The van der Waals surface area contributed by atoms with Gasteiger partial charge in [0.05, 0.1) is 16.1 Å². The van der Waals surface area contributed by atoms with Crippen LogP contribution in [0.4, 0.5) is 10.1 Å². The topological polar surface area (TPSA) is 93.1 Å². The van der Waals surface area contributed by atoms with Gasteiger partial charge in [0.25, 0.3) is 0 Å². The number of nitrogens with zero attached hydrogens (tertiary/aromatic N) is 4. The second kappa shape index (κ2) is 7.32. The summed E-state index contributed by atoms with van der Waals surface area (Å²) in [6.45, 7) is 0.879. The van der Waals surface area contributed by atoms with Gasteiger partial charge in [-0.2, -0.15) is 9.57 Å². The molecule has 3 aromatic rings. The van der Waals surface area contributed by atoms with Gasteiger partial charge in [-0.3, -0.25) is 0 Å². The van der Waals surface area contributed by atoms with Gasteiger partial charge in [-0.15, -0.1) is 0 Å². The van der Waals surface area contributed by atoms with Gasteiger partial charge in [-0.25, -0.2) is 17.8 Å². The number of rotatable bonds is 4. The fourth-order valence-corrected chi connectivity index (χ4v) is 6.74. The molecule has 1 aliphatic carbocycles. The van der Waals surface area contributed by atoms with Crippen molar-refractivity contribution in [3.05, 3.63) is 54.1 Å². The Balaban J connectivity index is 1.35. The zero-order valence-corrected chi connectivity index (χ0v) is 17.8. The smallest absolute Gasteiger partial charge is 0.243 e. The first-order valence-corrected chi connectivity index (χ1v) is 11.7. The van der Waals surface area contributed by atoms with Crippen molar-refractivity contribution in [1.82, 2.24) is 14.3 Å². The number of benzene rings is 1. The normalized spacial score (nSPS) is 23.7. The van der Waals surface area contributed by atoms with Gasteiger partial charge in [0, 0.05) is 44.0 Å². The number of sulfonamides is 1. The highest BCUT2D eigenvalue weighted by Gasteiger charge is 2.46. The molecule has 31 heavy (non-hydrogen) atoms. The Labute approximate surface area is 180 Å². The Morgan fingerprint density at radius 3 is 2.68 bits per heavy atom. The van der Waals surface area contributed by atoms with E-state index >= 15 is 0 Å². The van der Waals surface area contributed by atoms with Gasteiger partial charge in [0.2, 0.25) is 10.0 Å². The predicted octanol–water partition coefficient (Wildman–Crippen LogP) is 3.11. The monoisotopic (exact) mass is 439 g/mol. The zero-order chi connectivity index (χ0) is 21.8. The second-order valence-corrected chi connectivity index (χ2v) is 10.3. The van der Waals surface area contributed by atoms with Crippen LogP contribution in [0.25, 0.3) is 11.0 Å². The van der Waals surface area contributed by atoms with Gasteiger partial charge in [-0.1, -0.05) is 6.07 Å². The number of pyridine rings is 1. The van der Waals surface area contributed by atoms with E-state index in [1.165, 1.54) is 22.5 Å². The molecule has 3 atom stereocenters. The maximum Gasteiger partial charge on any atom is 0.243 e. The molecule has 2 aliphatic rings. The van der Waals surface area contributed by atoms with E-state index in [1.54, 1.807) is 6.20 Å². The van der Waals surface area contributed by atoms with Gasteiger partial charge >= 0.3 is 0 Å². The molecule has 2 fully saturated rings. The number of halogens is 1. The zero-order valence-electron chi connectivity index (χ0n) is 17.0. The van der Waals surface area contributed by atoms with Gasteiger partial charge in [0.15, 0.2) is 0 Å². The summed E-state index contributed by atoms with van der Waals surface area (Å²) in [6, 6.07) is 9.57. The fourth-order valence-electron chi connectivity index (χ4n) is 5.15. The molecule has 2 aromatic heterocycles. The number of anilines is 1. The van der Waals surface area contributed by atoms with Crippen molar-refractivity contribution < 1.29 is 12.8 Å². The number of nitriles is 1. The third kappa shape index (κ3) is 3.27. The average Bonchev–Trinajstić information content (AvgIpc) is 3.47. The maximum atomic E-state index is 13.5. The number of hydrogen-bond donors (Lipinski definition) is 1. The summed E-state index contributed by atoms with van der Waals surface area (Å²) in [4.78, 5) is 9.56. The standard InChI is InChI=1S/C22H22FN5O2S/c1-27(21-16(10-24)11-26-22-20(21)5-6-25-22)18-7-14-12-28(13-15(14)8-18)31(29,30)19-4-2-3-17(23)9-19/h2-6,9,11,14-15,18H,7-8,12-13H2,1H3,(H,25,26)/t14-,15+,18?. The van der Waals surface area contributed by atoms with Crippen molar-refractivity contribution in [2.24, 2.45) is 11.8 Å². The van der Waals surface area contributed by atoms with Crippen molar-refractivity contribution in [3.8, 4) is 6.07 Å². The number of aromatic amines is 1. The lowest BCUT2D eigenvalue weighted by atomic mass is 10.0. The second-order valence-electron chi connectivity index (χ2n) is 8.41. The molecule has 0 radical (unpaired) electrons. The van der Waals surface area contributed by atoms with E-state index in [1.807, 2.05) is 19.3 Å². The highest BCUT2D eigenvalue weighted by Crippen LogP contribution is 2.43. The SMILES string of the molecule is CN(c1c(C#N)cnc2[nH]ccc12)C1C[C@@H]2CN(S(=O)(=O)c3cccc(F)c3)C[C@@H]2C1. The molecule has 1 unspecified atom stereocenters. The molecule has 7 nitrogen and oxygen atoms in total. The molecule has 160 valence electrons. The highest BCUT2D eigenvalue weighted by atomic mass is 32.2. The Bertz CT molecular complexity index is 1280. The minimum Gasteiger partial charge on any atom is -0.370 e. The van der Waals surface area contributed by atoms with E-state index < -0.39 is 15.8 Å². The van der Waals surface area contributed by atoms with Crippen LogP contribution in [0, 0.1) is 29.0 Å². The predicted molar refractivity (Wildman–Crippen MR) is 114 cm³/mol. The van der Waals surface area contributed by atoms with Crippen LogP contribution in [0.3, 0.4) is 0 Å². The van der Waals surface area contributed by atoms with E-state index in [0.717, 1.165) is 35.6 Å². The summed E-state index contributed by atoms with van der Waals surface area (Å²) in [5, 5.41) is 10.5. The van der Waals surface area contributed by atoms with Crippen LogP contribution >= 0.6 is 0 Å². The van der Waals surface area contributed by atoms with Crippen LogP contribution in [-0.4, -0.2) is 48.9 Å². The van der Waals surface area contributed by atoms with Crippen LogP contribution in [-0.2, 0) is 10.0 Å². The van der Waals surface area contributed by atoms with Crippen molar-refractivity contribution in [2.75, 3.05) is 25.0 Å². The third-order valence-corrected chi connectivity index (χ3v) is 8.53. The van der Waals surface area contributed by atoms with E-state index in [-0.39, 0.29) is 22.8 Å². The molecule has 1 aromatic carbocycles. The molecule has 1 saturated carbocycles. The Kier molecular flexibility index (Phi) is 4.72. The summed E-state index contributed by atoms with van der Waals surface area (Å²) >= 11 is 0. The maximum absolute atomic E-state index is 13.5. The third-order valence-electron chi connectivity index (χ3n) is 6.71. The number of aromatic nitrogens is 2. The first kappa shape index (κ1) is 20.0. The molecule has 3 heterocycles. The van der Waals surface area contributed by atoms with E-state index in [9.17, 15) is 18.1 Å². The largest absolute Gasteiger partial charge is 0.370 e. The molecular formula is C22H22FN5O2S. The summed E-state index contributed by atoms with van der Waals surface area (Å²) < 4.78 is 41.0. The van der Waals surface area contributed by atoms with E-state index in [0.29, 0.717) is 18.7 Å². The fraction of sp³-hybridized carbons (Fsp3) is 0.364. The summed E-state index contributed by atoms with van der Waals surface area (Å²) in [7, 11) is -1.71. The lowest BCUT2D eigenvalue weighted by molar-refractivity contribution is 0.432. The molecular weight excluding hydrogens is 417 g/mol. The van der Waals surface area contributed by atoms with Crippen molar-refractivity contribution in [1.29, 1.82) is 5.26 Å². The Morgan fingerprint density at radius 2 is 2.00 bits per heavy atom. The van der Waals surface area contributed by atoms with Crippen LogP contribution < -0.4 is 4.90 Å². The van der Waals surface area contributed by atoms with Crippen molar-refractivity contribution in [3.63, 3.8) is 0 Å². The lowest BCUT2D eigenvalue weighted by Gasteiger charge is -2.29. The first-order chi connectivity index (χ1) is 14.9. The summed E-state index contributed by atoms with van der Waals surface area (Å²) in [5.74, 6) is -0.0707. The van der Waals surface area contributed by atoms with Gasteiger partial charge < -0.3 is 9.88 Å². The molecule has 1 saturated heterocycles. The van der Waals surface area contributed by atoms with Crippen molar-refractivity contribution in [2.45, 2.75) is 23.8 Å². The summed E-state index contributed by atoms with van der Waals surface area (Å²) in [5.41, 5.74) is 2.14. The molecule has 0 spiro atoms. The van der Waals surface area contributed by atoms with Gasteiger partial charge in [-0.05, 0) is 48.9 Å². The van der Waals surface area contributed by atoms with Crippen LogP contribution in [0.15, 0.2) is 47.6 Å².